The van der Waals surface area contributed by atoms with Crippen molar-refractivity contribution in [2.45, 2.75) is 0 Å². The predicted octanol–water partition coefficient (Wildman–Crippen LogP) is 1.97. The number of carbonyl (C=O) groups excluding carboxylic acids is 2. The molecule has 0 saturated carbocycles. The molecule has 0 radical (unpaired) electrons. The Morgan fingerprint density at radius 2 is 1.81 bits per heavy atom. The first-order chi connectivity index (χ1) is 10.1. The van der Waals surface area contributed by atoms with E-state index in [0.717, 1.165) is 4.47 Å². The van der Waals surface area contributed by atoms with Crippen LogP contribution in [0.5, 0.6) is 0 Å². The lowest BCUT2D eigenvalue weighted by atomic mass is 10.2. The van der Waals surface area contributed by atoms with Crippen LogP contribution >= 0.6 is 15.9 Å². The Hall–Kier alpha value is -2.02. The van der Waals surface area contributed by atoms with Crippen LogP contribution in [0, 0.1) is 0 Å². The third-order valence-corrected chi connectivity index (χ3v) is 3.92. The normalized spacial score (nSPS) is 15.3. The van der Waals surface area contributed by atoms with Crippen molar-refractivity contribution >= 4 is 27.7 Å². The van der Waals surface area contributed by atoms with Gasteiger partial charge < -0.3 is 19.2 Å². The fourth-order valence-electron chi connectivity index (χ4n) is 2.33. The maximum absolute atomic E-state index is 12.3. The molecule has 1 N–H and O–H groups in total. The van der Waals surface area contributed by atoms with Crippen LogP contribution in [-0.4, -0.2) is 52.8 Å². The number of amides is 2. The summed E-state index contributed by atoms with van der Waals surface area (Å²) in [5.74, 6) is 0.156. The Morgan fingerprint density at radius 3 is 2.33 bits per heavy atom. The molecule has 0 unspecified atom stereocenters. The Balaban J connectivity index is 1.60. The van der Waals surface area contributed by atoms with Crippen LogP contribution in [0.25, 0.3) is 0 Å². The molecule has 21 heavy (non-hydrogen) atoms. The van der Waals surface area contributed by atoms with Gasteiger partial charge in [0.15, 0.2) is 5.76 Å². The van der Waals surface area contributed by atoms with E-state index >= 15 is 0 Å². The molecule has 3 heterocycles. The summed E-state index contributed by atoms with van der Waals surface area (Å²) in [6, 6.07) is 5.09. The van der Waals surface area contributed by atoms with E-state index in [1.54, 1.807) is 34.2 Å². The van der Waals surface area contributed by atoms with E-state index in [4.69, 9.17) is 4.42 Å². The van der Waals surface area contributed by atoms with Crippen molar-refractivity contribution in [3.05, 3.63) is 46.6 Å². The lowest BCUT2D eigenvalue weighted by Crippen LogP contribution is -2.50. The SMILES string of the molecule is O=C(c1cc(Br)c[nH]1)N1CCN(C(=O)c2ccco2)CC1. The summed E-state index contributed by atoms with van der Waals surface area (Å²) in [7, 11) is 0. The van der Waals surface area contributed by atoms with E-state index < -0.39 is 0 Å². The molecule has 0 aromatic carbocycles. The van der Waals surface area contributed by atoms with Gasteiger partial charge in [0.25, 0.3) is 11.8 Å². The fourth-order valence-corrected chi connectivity index (χ4v) is 2.67. The van der Waals surface area contributed by atoms with Crippen molar-refractivity contribution in [1.82, 2.24) is 14.8 Å². The topological polar surface area (TPSA) is 69.6 Å². The minimum Gasteiger partial charge on any atom is -0.459 e. The molecule has 0 aliphatic carbocycles. The first kappa shape index (κ1) is 13.9. The molecular formula is C14H14BrN3O3. The van der Waals surface area contributed by atoms with E-state index in [-0.39, 0.29) is 11.8 Å². The number of nitrogens with one attached hydrogen (secondary N) is 1. The number of nitrogens with zero attached hydrogens (tertiary/aromatic N) is 2. The Bertz CT molecular complexity index is 642. The van der Waals surface area contributed by atoms with Gasteiger partial charge in [0.1, 0.15) is 5.69 Å². The van der Waals surface area contributed by atoms with Crippen LogP contribution in [0.3, 0.4) is 0 Å². The number of piperazine rings is 1. The molecule has 7 heteroatoms. The van der Waals surface area contributed by atoms with Gasteiger partial charge in [-0.1, -0.05) is 0 Å². The molecule has 0 bridgehead atoms. The second-order valence-electron chi connectivity index (χ2n) is 4.79. The van der Waals surface area contributed by atoms with Crippen LogP contribution in [-0.2, 0) is 0 Å². The van der Waals surface area contributed by atoms with Crippen LogP contribution < -0.4 is 0 Å². The van der Waals surface area contributed by atoms with Gasteiger partial charge in [-0.2, -0.15) is 0 Å². The summed E-state index contributed by atoms with van der Waals surface area (Å²) < 4.78 is 5.96. The number of furan rings is 1. The average molecular weight is 352 g/mol. The minimum atomic E-state index is -0.130. The Morgan fingerprint density at radius 1 is 1.14 bits per heavy atom. The number of aromatic nitrogens is 1. The van der Waals surface area contributed by atoms with E-state index in [9.17, 15) is 9.59 Å². The minimum absolute atomic E-state index is 0.0502. The van der Waals surface area contributed by atoms with Crippen LogP contribution in [0.15, 0.2) is 39.5 Å². The summed E-state index contributed by atoms with van der Waals surface area (Å²) in [6.07, 6.45) is 3.21. The van der Waals surface area contributed by atoms with Crippen molar-refractivity contribution in [2.24, 2.45) is 0 Å². The van der Waals surface area contributed by atoms with Gasteiger partial charge in [-0.15, -0.1) is 0 Å². The molecule has 2 aromatic rings. The number of hydrogen-bond acceptors (Lipinski definition) is 3. The number of halogens is 1. The fraction of sp³-hybridized carbons (Fsp3) is 0.286. The predicted molar refractivity (Wildman–Crippen MR) is 79.0 cm³/mol. The highest BCUT2D eigenvalue weighted by Crippen LogP contribution is 2.15. The number of carbonyl (C=O) groups is 2. The molecule has 1 aliphatic heterocycles. The molecule has 1 fully saturated rings. The van der Waals surface area contributed by atoms with Gasteiger partial charge in [0.2, 0.25) is 0 Å². The van der Waals surface area contributed by atoms with Gasteiger partial charge >= 0.3 is 0 Å². The first-order valence-corrected chi connectivity index (χ1v) is 7.40. The van der Waals surface area contributed by atoms with Crippen LogP contribution in [0.2, 0.25) is 0 Å². The highest BCUT2D eigenvalue weighted by atomic mass is 79.9. The average Bonchev–Trinajstić information content (AvgIpc) is 3.17. The largest absolute Gasteiger partial charge is 0.459 e. The smallest absolute Gasteiger partial charge is 0.289 e. The van der Waals surface area contributed by atoms with E-state index in [1.165, 1.54) is 6.26 Å². The van der Waals surface area contributed by atoms with Gasteiger partial charge in [-0.3, -0.25) is 9.59 Å². The van der Waals surface area contributed by atoms with Gasteiger partial charge in [0.05, 0.1) is 6.26 Å². The highest BCUT2D eigenvalue weighted by molar-refractivity contribution is 9.10. The lowest BCUT2D eigenvalue weighted by molar-refractivity contribution is 0.0515. The second kappa shape index (κ2) is 5.77. The maximum atomic E-state index is 12.3. The Labute approximate surface area is 129 Å². The summed E-state index contributed by atoms with van der Waals surface area (Å²) >= 11 is 3.31. The molecule has 0 spiro atoms. The van der Waals surface area contributed by atoms with Crippen molar-refractivity contribution in [1.29, 1.82) is 0 Å². The molecule has 2 amide bonds. The zero-order chi connectivity index (χ0) is 14.8. The summed E-state index contributed by atoms with van der Waals surface area (Å²) in [5, 5.41) is 0. The van der Waals surface area contributed by atoms with E-state index in [1.807, 2.05) is 0 Å². The number of rotatable bonds is 2. The van der Waals surface area contributed by atoms with E-state index in [0.29, 0.717) is 37.6 Å². The molecule has 110 valence electrons. The zero-order valence-corrected chi connectivity index (χ0v) is 12.8. The number of hydrogen-bond donors (Lipinski definition) is 1. The molecular weight excluding hydrogens is 338 g/mol. The van der Waals surface area contributed by atoms with Crippen molar-refractivity contribution < 1.29 is 14.0 Å². The quantitative estimate of drug-likeness (QED) is 0.899. The standard InChI is InChI=1S/C14H14BrN3O3/c15-10-8-11(16-9-10)13(19)17-3-5-18(6-4-17)14(20)12-2-1-7-21-12/h1-2,7-9,16H,3-6H2. The van der Waals surface area contributed by atoms with Crippen molar-refractivity contribution in [2.75, 3.05) is 26.2 Å². The van der Waals surface area contributed by atoms with Gasteiger partial charge in [-0.05, 0) is 34.1 Å². The molecule has 2 aromatic heterocycles. The lowest BCUT2D eigenvalue weighted by Gasteiger charge is -2.34. The molecule has 0 atom stereocenters. The van der Waals surface area contributed by atoms with E-state index in [2.05, 4.69) is 20.9 Å². The van der Waals surface area contributed by atoms with Gasteiger partial charge in [0, 0.05) is 36.8 Å². The number of aromatic amines is 1. The highest BCUT2D eigenvalue weighted by Gasteiger charge is 2.26. The summed E-state index contributed by atoms with van der Waals surface area (Å²) in [6.45, 7) is 2.05. The summed E-state index contributed by atoms with van der Waals surface area (Å²) in [5.41, 5.74) is 0.549. The number of H-pyrrole nitrogens is 1. The third-order valence-electron chi connectivity index (χ3n) is 3.46. The van der Waals surface area contributed by atoms with Crippen molar-refractivity contribution in [3.63, 3.8) is 0 Å². The van der Waals surface area contributed by atoms with Crippen molar-refractivity contribution in [3.8, 4) is 0 Å². The zero-order valence-electron chi connectivity index (χ0n) is 11.2. The maximum Gasteiger partial charge on any atom is 0.289 e. The molecule has 3 rings (SSSR count). The van der Waals surface area contributed by atoms with Crippen LogP contribution in [0.1, 0.15) is 21.0 Å². The second-order valence-corrected chi connectivity index (χ2v) is 5.71. The third kappa shape index (κ3) is 2.87. The summed E-state index contributed by atoms with van der Waals surface area (Å²) in [4.78, 5) is 30.8. The Kier molecular flexibility index (Phi) is 3.83. The monoisotopic (exact) mass is 351 g/mol. The molecule has 1 aliphatic rings. The molecule has 6 nitrogen and oxygen atoms in total. The first-order valence-electron chi connectivity index (χ1n) is 6.61. The molecule has 1 saturated heterocycles. The van der Waals surface area contributed by atoms with Gasteiger partial charge in [-0.25, -0.2) is 0 Å². The van der Waals surface area contributed by atoms with Crippen LogP contribution in [0.4, 0.5) is 0 Å².